The number of hydrogen-bond acceptors (Lipinski definition) is 5. The summed E-state index contributed by atoms with van der Waals surface area (Å²) in [6.07, 6.45) is 0. The van der Waals surface area contributed by atoms with E-state index >= 15 is 0 Å². The van der Waals surface area contributed by atoms with Crippen molar-refractivity contribution in [2.45, 2.75) is 0 Å². The van der Waals surface area contributed by atoms with Crippen molar-refractivity contribution in [3.8, 4) is 11.5 Å². The van der Waals surface area contributed by atoms with Gasteiger partial charge in [0.05, 0.1) is 18.2 Å². The number of nitrogens with one attached hydrogen (secondary N) is 1. The maximum atomic E-state index is 12.1. The lowest BCUT2D eigenvalue weighted by Gasteiger charge is -2.06. The van der Waals surface area contributed by atoms with Gasteiger partial charge in [0, 0.05) is 11.6 Å². The minimum Gasteiger partial charge on any atom is -0.507 e. The number of carbonyl (C=O) groups excluding carboxylic acids is 1. The highest BCUT2D eigenvalue weighted by molar-refractivity contribution is 6.10. The minimum atomic E-state index is -0.203. The van der Waals surface area contributed by atoms with Crippen molar-refractivity contribution in [1.29, 1.82) is 0 Å². The molecule has 6 heteroatoms. The van der Waals surface area contributed by atoms with E-state index < -0.39 is 0 Å². The molecule has 0 fully saturated rings. The number of ether oxygens (including phenoxy) is 1. The molecule has 130 valence electrons. The van der Waals surface area contributed by atoms with Crippen LogP contribution in [0.4, 0.5) is 0 Å². The number of para-hydroxylation sites is 1. The van der Waals surface area contributed by atoms with Gasteiger partial charge in [0.2, 0.25) is 0 Å². The molecule has 0 spiro atoms. The van der Waals surface area contributed by atoms with E-state index in [1.54, 1.807) is 36.4 Å². The Morgan fingerprint density at radius 1 is 1.00 bits per heavy atom. The number of fused-ring (bicyclic) bond motifs is 1. The van der Waals surface area contributed by atoms with Crippen molar-refractivity contribution in [2.75, 3.05) is 7.11 Å². The Bertz CT molecular complexity index is 983. The molecule has 0 saturated heterocycles. The number of aromatic nitrogens is 3. The molecule has 0 unspecified atom stereocenters. The Labute approximate surface area is 150 Å². The number of aromatic hydroxyl groups is 1. The van der Waals surface area contributed by atoms with E-state index in [-0.39, 0.29) is 17.1 Å². The number of benzene rings is 3. The second-order valence-electron chi connectivity index (χ2n) is 5.41. The Balaban J connectivity index is 0.000000181. The molecule has 0 aliphatic carbocycles. The quantitative estimate of drug-likeness (QED) is 0.553. The predicted molar refractivity (Wildman–Crippen MR) is 98.4 cm³/mol. The van der Waals surface area contributed by atoms with Crippen molar-refractivity contribution in [3.63, 3.8) is 0 Å². The van der Waals surface area contributed by atoms with E-state index in [4.69, 9.17) is 4.74 Å². The summed E-state index contributed by atoms with van der Waals surface area (Å²) in [5.41, 5.74) is 2.72. The van der Waals surface area contributed by atoms with Gasteiger partial charge < -0.3 is 9.84 Å². The molecule has 1 aromatic heterocycles. The summed E-state index contributed by atoms with van der Waals surface area (Å²) in [7, 11) is 1.51. The van der Waals surface area contributed by atoms with Crippen molar-refractivity contribution >= 4 is 16.8 Å². The Kier molecular flexibility index (Phi) is 5.24. The SMILES string of the molecule is COc1ccc(C(=O)c2ccccc2)c(O)c1.c1ccc2[nH]nnc2c1. The van der Waals surface area contributed by atoms with Gasteiger partial charge in [-0.05, 0) is 24.3 Å². The molecule has 26 heavy (non-hydrogen) atoms. The van der Waals surface area contributed by atoms with Crippen LogP contribution in [-0.4, -0.2) is 33.4 Å². The monoisotopic (exact) mass is 347 g/mol. The number of carbonyl (C=O) groups is 1. The first-order chi connectivity index (χ1) is 12.7. The molecule has 4 rings (SSSR count). The predicted octanol–water partition coefficient (Wildman–Crippen LogP) is 3.59. The maximum absolute atomic E-state index is 12.1. The third-order valence-corrected chi connectivity index (χ3v) is 3.72. The Morgan fingerprint density at radius 3 is 2.42 bits per heavy atom. The maximum Gasteiger partial charge on any atom is 0.196 e. The van der Waals surface area contributed by atoms with Crippen molar-refractivity contribution in [2.24, 2.45) is 0 Å². The molecule has 1 heterocycles. The van der Waals surface area contributed by atoms with Gasteiger partial charge in [-0.3, -0.25) is 9.89 Å². The summed E-state index contributed by atoms with van der Waals surface area (Å²) in [6.45, 7) is 0. The van der Waals surface area contributed by atoms with Gasteiger partial charge >= 0.3 is 0 Å². The highest BCUT2D eigenvalue weighted by Gasteiger charge is 2.13. The van der Waals surface area contributed by atoms with E-state index in [1.165, 1.54) is 13.2 Å². The summed E-state index contributed by atoms with van der Waals surface area (Å²) in [4.78, 5) is 12.1. The number of ketones is 1. The van der Waals surface area contributed by atoms with Crippen molar-refractivity contribution < 1.29 is 14.6 Å². The standard InChI is InChI=1S/C14H12O3.C6H5N3/c1-17-11-7-8-12(13(15)9-11)14(16)10-5-3-2-4-6-10;1-2-4-6-5(3-1)7-9-8-6/h2-9,15H,1H3;1-4H,(H,7,8,9). The number of phenolic OH excluding ortho intramolecular Hbond substituents is 1. The van der Waals surface area contributed by atoms with Crippen LogP contribution in [0.1, 0.15) is 15.9 Å². The molecule has 3 aromatic carbocycles. The number of nitrogens with zero attached hydrogens (tertiary/aromatic N) is 2. The van der Waals surface area contributed by atoms with E-state index in [2.05, 4.69) is 15.4 Å². The van der Waals surface area contributed by atoms with Crippen LogP contribution in [0, 0.1) is 0 Å². The van der Waals surface area contributed by atoms with Crippen molar-refractivity contribution in [1.82, 2.24) is 15.4 Å². The second kappa shape index (κ2) is 7.94. The van der Waals surface area contributed by atoms with Gasteiger partial charge in [-0.15, -0.1) is 5.10 Å². The van der Waals surface area contributed by atoms with Gasteiger partial charge in [-0.25, -0.2) is 0 Å². The summed E-state index contributed by atoms with van der Waals surface area (Å²) in [6, 6.07) is 21.2. The van der Waals surface area contributed by atoms with Crippen LogP contribution >= 0.6 is 0 Å². The molecule has 6 nitrogen and oxygen atoms in total. The number of hydrogen-bond donors (Lipinski definition) is 2. The average molecular weight is 347 g/mol. The molecular formula is C20H17N3O3. The van der Waals surface area contributed by atoms with Crippen LogP contribution in [-0.2, 0) is 0 Å². The first-order valence-corrected chi connectivity index (χ1v) is 7.91. The van der Waals surface area contributed by atoms with Crippen LogP contribution in [0.25, 0.3) is 11.0 Å². The highest BCUT2D eigenvalue weighted by Crippen LogP contribution is 2.25. The lowest BCUT2D eigenvalue weighted by molar-refractivity contribution is 0.103. The Morgan fingerprint density at radius 2 is 1.73 bits per heavy atom. The second-order valence-corrected chi connectivity index (χ2v) is 5.41. The molecule has 0 aliphatic heterocycles. The average Bonchev–Trinajstić information content (AvgIpc) is 3.17. The fourth-order valence-corrected chi connectivity index (χ4v) is 2.36. The highest BCUT2D eigenvalue weighted by atomic mass is 16.5. The number of phenols is 1. The van der Waals surface area contributed by atoms with Crippen LogP contribution in [0.2, 0.25) is 0 Å². The zero-order valence-electron chi connectivity index (χ0n) is 14.1. The smallest absolute Gasteiger partial charge is 0.196 e. The number of methoxy groups -OCH3 is 1. The zero-order chi connectivity index (χ0) is 18.4. The normalized spacial score (nSPS) is 10.0. The molecule has 0 aliphatic rings. The van der Waals surface area contributed by atoms with Crippen molar-refractivity contribution in [3.05, 3.63) is 83.9 Å². The fraction of sp³-hybridized carbons (Fsp3) is 0.0500. The summed E-state index contributed by atoms with van der Waals surface area (Å²) in [5.74, 6) is 0.246. The summed E-state index contributed by atoms with van der Waals surface area (Å²) < 4.78 is 4.96. The van der Waals surface area contributed by atoms with Gasteiger partial charge in [0.1, 0.15) is 17.0 Å². The first-order valence-electron chi connectivity index (χ1n) is 7.91. The molecule has 0 bridgehead atoms. The van der Waals surface area contributed by atoms with Gasteiger partial charge in [-0.1, -0.05) is 47.7 Å². The molecule has 0 radical (unpaired) electrons. The number of rotatable bonds is 3. The summed E-state index contributed by atoms with van der Waals surface area (Å²) in [5, 5.41) is 20.0. The van der Waals surface area contributed by atoms with Crippen LogP contribution in [0.5, 0.6) is 11.5 Å². The van der Waals surface area contributed by atoms with Gasteiger partial charge in [0.25, 0.3) is 0 Å². The third kappa shape index (κ3) is 3.87. The lowest BCUT2D eigenvalue weighted by atomic mass is 10.0. The van der Waals surface area contributed by atoms with Gasteiger partial charge in [0.15, 0.2) is 5.78 Å². The zero-order valence-corrected chi connectivity index (χ0v) is 14.1. The minimum absolute atomic E-state index is 0.0711. The van der Waals surface area contributed by atoms with Crippen LogP contribution < -0.4 is 4.74 Å². The number of aromatic amines is 1. The Hall–Kier alpha value is -3.67. The molecule has 0 saturated carbocycles. The van der Waals surface area contributed by atoms with E-state index in [0.29, 0.717) is 11.3 Å². The lowest BCUT2D eigenvalue weighted by Crippen LogP contribution is -2.01. The molecule has 2 N–H and O–H groups in total. The van der Waals surface area contributed by atoms with Crippen LogP contribution in [0.15, 0.2) is 72.8 Å². The third-order valence-electron chi connectivity index (χ3n) is 3.72. The molecule has 4 aromatic rings. The first kappa shape index (κ1) is 17.2. The fourth-order valence-electron chi connectivity index (χ4n) is 2.36. The number of H-pyrrole nitrogens is 1. The topological polar surface area (TPSA) is 88.1 Å². The summed E-state index contributed by atoms with van der Waals surface area (Å²) >= 11 is 0. The largest absolute Gasteiger partial charge is 0.507 e. The van der Waals surface area contributed by atoms with E-state index in [0.717, 1.165) is 11.0 Å². The van der Waals surface area contributed by atoms with Crippen LogP contribution in [0.3, 0.4) is 0 Å². The molecular weight excluding hydrogens is 330 g/mol. The molecule has 0 amide bonds. The van der Waals surface area contributed by atoms with Gasteiger partial charge in [-0.2, -0.15) is 0 Å². The van der Waals surface area contributed by atoms with E-state index in [9.17, 15) is 9.90 Å². The molecule has 0 atom stereocenters. The van der Waals surface area contributed by atoms with E-state index in [1.807, 2.05) is 30.3 Å².